The molecule has 0 amide bonds. The zero-order valence-corrected chi connectivity index (χ0v) is 20.6. The van der Waals surface area contributed by atoms with Crippen molar-refractivity contribution in [1.29, 1.82) is 5.41 Å². The highest BCUT2D eigenvalue weighted by Gasteiger charge is 2.17. The number of aliphatic hydroxyl groups is 1. The maximum absolute atomic E-state index is 9.21. The van der Waals surface area contributed by atoms with E-state index in [-0.39, 0.29) is 12.6 Å². The highest BCUT2D eigenvalue weighted by Crippen LogP contribution is 2.32. The monoisotopic (exact) mass is 477 g/mol. The number of hydrogen-bond donors (Lipinski definition) is 3. The van der Waals surface area contributed by atoms with Crippen LogP contribution in [0.5, 0.6) is 17.4 Å². The van der Waals surface area contributed by atoms with Gasteiger partial charge in [-0.15, -0.1) is 0 Å². The summed E-state index contributed by atoms with van der Waals surface area (Å²) in [4.78, 5) is 19.9. The van der Waals surface area contributed by atoms with Crippen molar-refractivity contribution in [2.75, 3.05) is 32.7 Å². The largest absolute Gasteiger partial charge is 0.480 e. The zero-order valence-electron chi connectivity index (χ0n) is 20.6. The van der Waals surface area contributed by atoms with Crippen LogP contribution in [0.25, 0.3) is 16.8 Å². The van der Waals surface area contributed by atoms with E-state index in [0.717, 1.165) is 0 Å². The van der Waals surface area contributed by atoms with Gasteiger partial charge in [0, 0.05) is 63.2 Å². The van der Waals surface area contributed by atoms with Crippen molar-refractivity contribution in [3.05, 3.63) is 54.2 Å². The summed E-state index contributed by atoms with van der Waals surface area (Å²) >= 11 is 0. The van der Waals surface area contributed by atoms with E-state index in [1.54, 1.807) is 44.9 Å². The number of methoxy groups -OCH3 is 1. The maximum atomic E-state index is 9.21. The number of rotatable bonds is 11. The van der Waals surface area contributed by atoms with Crippen molar-refractivity contribution in [2.45, 2.75) is 26.3 Å². The van der Waals surface area contributed by atoms with E-state index in [1.807, 2.05) is 37.9 Å². The van der Waals surface area contributed by atoms with Gasteiger partial charge < -0.3 is 30.2 Å². The molecule has 0 fully saturated rings. The minimum Gasteiger partial charge on any atom is -0.480 e. The Morgan fingerprint density at radius 3 is 2.71 bits per heavy atom. The van der Waals surface area contributed by atoms with Crippen LogP contribution in [0.4, 0.5) is 5.95 Å². The molecule has 0 radical (unpaired) electrons. The predicted octanol–water partition coefficient (Wildman–Crippen LogP) is 3.46. The first-order valence-electron chi connectivity index (χ1n) is 11.2. The molecule has 3 aromatic heterocycles. The Morgan fingerprint density at radius 2 is 2.06 bits per heavy atom. The van der Waals surface area contributed by atoms with Crippen molar-refractivity contribution in [2.24, 2.45) is 0 Å². The normalized spacial score (nSPS) is 12.1. The van der Waals surface area contributed by atoms with E-state index in [1.165, 1.54) is 6.21 Å². The molecule has 3 aromatic rings. The van der Waals surface area contributed by atoms with Crippen LogP contribution in [0, 0.1) is 12.3 Å². The number of nitrogens with one attached hydrogen (secondary N) is 2. The smallest absolute Gasteiger partial charge is 0.228 e. The molecule has 0 aliphatic heterocycles. The third-order valence-corrected chi connectivity index (χ3v) is 5.48. The van der Waals surface area contributed by atoms with Gasteiger partial charge in [0.15, 0.2) is 0 Å². The summed E-state index contributed by atoms with van der Waals surface area (Å²) in [7, 11) is 5.21. The molecule has 0 aliphatic rings. The summed E-state index contributed by atoms with van der Waals surface area (Å²) in [6, 6.07) is 7.26. The zero-order chi connectivity index (χ0) is 25.4. The quantitative estimate of drug-likeness (QED) is 0.356. The molecule has 3 heterocycles. The first kappa shape index (κ1) is 25.6. The van der Waals surface area contributed by atoms with Crippen molar-refractivity contribution in [3.63, 3.8) is 0 Å². The van der Waals surface area contributed by atoms with Gasteiger partial charge >= 0.3 is 0 Å². The Morgan fingerprint density at radius 1 is 1.26 bits per heavy atom. The van der Waals surface area contributed by atoms with Gasteiger partial charge in [-0.05, 0) is 38.5 Å². The molecule has 0 saturated carbocycles. The lowest BCUT2D eigenvalue weighted by Crippen LogP contribution is -2.31. The van der Waals surface area contributed by atoms with Crippen LogP contribution < -0.4 is 19.7 Å². The minimum atomic E-state index is 0.0740. The van der Waals surface area contributed by atoms with Gasteiger partial charge in [0.2, 0.25) is 11.8 Å². The van der Waals surface area contributed by atoms with Crippen LogP contribution in [0.1, 0.15) is 24.7 Å². The van der Waals surface area contributed by atoms with Crippen LogP contribution in [-0.4, -0.2) is 65.1 Å². The number of aliphatic hydroxyl groups excluding tert-OH is 1. The van der Waals surface area contributed by atoms with E-state index >= 15 is 0 Å². The standard InChI is InChI=1S/C25H31N7O3/c1-16(9-11-33)32(4)25-29-15-20(24(31-25)34-5)21-6-7-23(17(2)30-21)35-19-8-10-28-22(12-19)18(13-26)14-27-3/h6-8,10,12-16,26-27,33H,9,11H2,1-5H3/b18-14+,26-13?. The van der Waals surface area contributed by atoms with Crippen LogP contribution in [0.15, 0.2) is 42.9 Å². The number of allylic oxidation sites excluding steroid dienone is 1. The molecule has 3 N–H and O–H groups in total. The minimum absolute atomic E-state index is 0.0740. The summed E-state index contributed by atoms with van der Waals surface area (Å²) < 4.78 is 11.6. The number of aromatic nitrogens is 4. The van der Waals surface area contributed by atoms with Crippen LogP contribution in [-0.2, 0) is 0 Å². The Kier molecular flexibility index (Phi) is 8.69. The highest BCUT2D eigenvalue weighted by atomic mass is 16.5. The van der Waals surface area contributed by atoms with Crippen LogP contribution in [0.3, 0.4) is 0 Å². The summed E-state index contributed by atoms with van der Waals surface area (Å²) in [5, 5.41) is 19.7. The van der Waals surface area contributed by atoms with Gasteiger partial charge in [-0.1, -0.05) is 0 Å². The Hall–Kier alpha value is -4.05. The average Bonchev–Trinajstić information content (AvgIpc) is 2.88. The molecule has 0 aromatic carbocycles. The lowest BCUT2D eigenvalue weighted by molar-refractivity contribution is 0.277. The Labute approximate surface area is 205 Å². The van der Waals surface area contributed by atoms with E-state index in [2.05, 4.69) is 25.3 Å². The summed E-state index contributed by atoms with van der Waals surface area (Å²) in [5.41, 5.74) is 3.25. The van der Waals surface area contributed by atoms with E-state index in [4.69, 9.17) is 14.9 Å². The topological polar surface area (TPSA) is 129 Å². The SMILES string of the molecule is CN/C=C(\C=N)c1cc(Oc2ccc(-c3cnc(N(C)C(C)CCO)nc3OC)nc2C)ccn1. The number of nitrogens with zero attached hydrogens (tertiary/aromatic N) is 5. The van der Waals surface area contributed by atoms with Crippen molar-refractivity contribution < 1.29 is 14.6 Å². The molecule has 0 aliphatic carbocycles. The molecular formula is C25H31N7O3. The third kappa shape index (κ3) is 6.10. The second-order valence-corrected chi connectivity index (χ2v) is 7.86. The summed E-state index contributed by atoms with van der Waals surface area (Å²) in [6.07, 6.45) is 6.87. The van der Waals surface area contributed by atoms with E-state index in [9.17, 15) is 5.11 Å². The van der Waals surface area contributed by atoms with Crippen molar-refractivity contribution >= 4 is 17.7 Å². The first-order chi connectivity index (χ1) is 16.9. The van der Waals surface area contributed by atoms with Gasteiger partial charge in [-0.3, -0.25) is 4.98 Å². The molecular weight excluding hydrogens is 446 g/mol. The number of aryl methyl sites for hydroxylation is 1. The molecule has 10 nitrogen and oxygen atoms in total. The second-order valence-electron chi connectivity index (χ2n) is 7.86. The second kappa shape index (κ2) is 11.9. The van der Waals surface area contributed by atoms with Crippen LogP contribution >= 0.6 is 0 Å². The molecule has 0 saturated heterocycles. The molecule has 1 atom stereocenters. The van der Waals surface area contributed by atoms with Crippen molar-refractivity contribution in [1.82, 2.24) is 25.3 Å². The fraction of sp³-hybridized carbons (Fsp3) is 0.320. The maximum Gasteiger partial charge on any atom is 0.228 e. The van der Waals surface area contributed by atoms with Gasteiger partial charge in [-0.25, -0.2) is 9.97 Å². The molecule has 184 valence electrons. The van der Waals surface area contributed by atoms with E-state index in [0.29, 0.717) is 58.0 Å². The predicted molar refractivity (Wildman–Crippen MR) is 136 cm³/mol. The van der Waals surface area contributed by atoms with Crippen molar-refractivity contribution in [3.8, 4) is 28.6 Å². The average molecular weight is 478 g/mol. The number of pyridine rings is 2. The van der Waals surface area contributed by atoms with Crippen LogP contribution in [0.2, 0.25) is 0 Å². The van der Waals surface area contributed by atoms with E-state index < -0.39 is 0 Å². The molecule has 10 heteroatoms. The molecule has 3 rings (SSSR count). The number of ether oxygens (including phenoxy) is 2. The van der Waals surface area contributed by atoms with Gasteiger partial charge in [0.05, 0.1) is 29.8 Å². The molecule has 35 heavy (non-hydrogen) atoms. The lowest BCUT2D eigenvalue weighted by atomic mass is 10.2. The molecule has 1 unspecified atom stereocenters. The fourth-order valence-electron chi connectivity index (χ4n) is 3.35. The summed E-state index contributed by atoms with van der Waals surface area (Å²) in [5.74, 6) is 2.09. The Bertz CT molecular complexity index is 1200. The Balaban J connectivity index is 1.86. The number of anilines is 1. The lowest BCUT2D eigenvalue weighted by Gasteiger charge is -2.24. The molecule has 0 bridgehead atoms. The van der Waals surface area contributed by atoms with Gasteiger partial charge in [-0.2, -0.15) is 4.98 Å². The fourth-order valence-corrected chi connectivity index (χ4v) is 3.35. The summed E-state index contributed by atoms with van der Waals surface area (Å²) in [6.45, 7) is 3.95. The van der Waals surface area contributed by atoms with Gasteiger partial charge in [0.1, 0.15) is 11.5 Å². The highest BCUT2D eigenvalue weighted by molar-refractivity contribution is 6.07. The molecule has 0 spiro atoms. The number of hydrogen-bond acceptors (Lipinski definition) is 10. The third-order valence-electron chi connectivity index (χ3n) is 5.48. The first-order valence-corrected chi connectivity index (χ1v) is 11.2. The van der Waals surface area contributed by atoms with Gasteiger partial charge in [0.25, 0.3) is 0 Å².